The topological polar surface area (TPSA) is 57.5 Å². The van der Waals surface area contributed by atoms with Crippen LogP contribution in [0.4, 0.5) is 5.82 Å². The third-order valence-corrected chi connectivity index (χ3v) is 6.48. The number of aryl methyl sites for hydroxylation is 1. The van der Waals surface area contributed by atoms with E-state index < -0.39 is 0 Å². The van der Waals surface area contributed by atoms with Gasteiger partial charge in [-0.2, -0.15) is 0 Å². The summed E-state index contributed by atoms with van der Waals surface area (Å²) in [6, 6.07) is 6.00. The van der Waals surface area contributed by atoms with Gasteiger partial charge in [0.05, 0.1) is 6.54 Å². The lowest BCUT2D eigenvalue weighted by atomic mass is 9.93. The maximum absolute atomic E-state index is 12.8. The molecule has 7 heteroatoms. The fourth-order valence-corrected chi connectivity index (χ4v) is 4.72. The highest BCUT2D eigenvalue weighted by Gasteiger charge is 2.25. The standard InChI is InChI=1S/C23H34N6O/c1-2-27-13-11-25-22(27)19-26-12-5-6-20(18-26)8-9-23(30)29-16-14-28(15-17-29)21-7-3-4-10-24-21/h3-4,7,10-11,13,20H,2,5-6,8-9,12,14-19H2,1H3/t20-/m0/s1. The lowest BCUT2D eigenvalue weighted by molar-refractivity contribution is -0.131. The Morgan fingerprint density at radius 3 is 2.73 bits per heavy atom. The van der Waals surface area contributed by atoms with E-state index in [9.17, 15) is 4.79 Å². The van der Waals surface area contributed by atoms with Crippen LogP contribution >= 0.6 is 0 Å². The molecule has 30 heavy (non-hydrogen) atoms. The number of nitrogens with zero attached hydrogens (tertiary/aromatic N) is 6. The van der Waals surface area contributed by atoms with Crippen LogP contribution < -0.4 is 4.90 Å². The van der Waals surface area contributed by atoms with E-state index in [-0.39, 0.29) is 0 Å². The molecule has 0 aromatic carbocycles. The second kappa shape index (κ2) is 10.1. The molecule has 0 N–H and O–H groups in total. The number of carbonyl (C=O) groups is 1. The number of carbonyl (C=O) groups excluding carboxylic acids is 1. The molecular formula is C23H34N6O. The van der Waals surface area contributed by atoms with Crippen LogP contribution in [0.15, 0.2) is 36.8 Å². The minimum Gasteiger partial charge on any atom is -0.353 e. The number of imidazole rings is 1. The summed E-state index contributed by atoms with van der Waals surface area (Å²) in [6.07, 6.45) is 9.91. The first-order chi connectivity index (χ1) is 14.7. The van der Waals surface area contributed by atoms with Gasteiger partial charge in [0.25, 0.3) is 0 Å². The van der Waals surface area contributed by atoms with Gasteiger partial charge in [-0.25, -0.2) is 9.97 Å². The molecule has 2 fully saturated rings. The number of pyridine rings is 1. The van der Waals surface area contributed by atoms with Gasteiger partial charge in [0, 0.05) is 64.3 Å². The summed E-state index contributed by atoms with van der Waals surface area (Å²) in [7, 11) is 0. The molecule has 0 bridgehead atoms. The van der Waals surface area contributed by atoms with Gasteiger partial charge in [-0.1, -0.05) is 6.07 Å². The molecule has 0 radical (unpaired) electrons. The Kier molecular flexibility index (Phi) is 7.00. The Morgan fingerprint density at radius 2 is 1.97 bits per heavy atom. The van der Waals surface area contributed by atoms with Crippen LogP contribution in [-0.2, 0) is 17.9 Å². The fourth-order valence-electron chi connectivity index (χ4n) is 4.72. The van der Waals surface area contributed by atoms with Crippen LogP contribution in [0.5, 0.6) is 0 Å². The quantitative estimate of drug-likeness (QED) is 0.702. The second-order valence-corrected chi connectivity index (χ2v) is 8.47. The third-order valence-electron chi connectivity index (χ3n) is 6.48. The molecule has 0 aliphatic carbocycles. The molecule has 0 spiro atoms. The fraction of sp³-hybridized carbons (Fsp3) is 0.609. The van der Waals surface area contributed by atoms with Gasteiger partial charge < -0.3 is 14.4 Å². The number of rotatable bonds is 7. The number of piperazine rings is 1. The van der Waals surface area contributed by atoms with Crippen molar-refractivity contribution in [2.24, 2.45) is 5.92 Å². The lowest BCUT2D eigenvalue weighted by Crippen LogP contribution is -2.49. The lowest BCUT2D eigenvalue weighted by Gasteiger charge is -2.36. The Balaban J connectivity index is 1.20. The molecule has 7 nitrogen and oxygen atoms in total. The number of amides is 1. The predicted octanol–water partition coefficient (Wildman–Crippen LogP) is 2.64. The largest absolute Gasteiger partial charge is 0.353 e. The maximum atomic E-state index is 12.8. The van der Waals surface area contributed by atoms with Crippen molar-refractivity contribution in [3.05, 3.63) is 42.6 Å². The van der Waals surface area contributed by atoms with Crippen molar-refractivity contribution in [1.29, 1.82) is 0 Å². The van der Waals surface area contributed by atoms with Crippen molar-refractivity contribution in [1.82, 2.24) is 24.3 Å². The molecule has 1 atom stereocenters. The Bertz CT molecular complexity index is 799. The number of hydrogen-bond acceptors (Lipinski definition) is 5. The van der Waals surface area contributed by atoms with Crippen molar-refractivity contribution < 1.29 is 4.79 Å². The van der Waals surface area contributed by atoms with Crippen molar-refractivity contribution in [2.45, 2.75) is 45.7 Å². The summed E-state index contributed by atoms with van der Waals surface area (Å²) in [5.74, 6) is 3.09. The van der Waals surface area contributed by atoms with E-state index in [1.165, 1.54) is 12.8 Å². The first-order valence-corrected chi connectivity index (χ1v) is 11.4. The number of hydrogen-bond donors (Lipinski definition) is 0. The highest BCUT2D eigenvalue weighted by atomic mass is 16.2. The van der Waals surface area contributed by atoms with E-state index in [1.807, 2.05) is 35.5 Å². The molecule has 162 valence electrons. The zero-order valence-corrected chi connectivity index (χ0v) is 18.1. The van der Waals surface area contributed by atoms with Crippen LogP contribution in [0, 0.1) is 5.92 Å². The van der Waals surface area contributed by atoms with Gasteiger partial charge in [0.1, 0.15) is 11.6 Å². The first kappa shape index (κ1) is 20.8. The monoisotopic (exact) mass is 410 g/mol. The molecule has 4 rings (SSSR count). The Morgan fingerprint density at radius 1 is 1.10 bits per heavy atom. The van der Waals surface area contributed by atoms with Gasteiger partial charge in [-0.3, -0.25) is 9.69 Å². The van der Waals surface area contributed by atoms with Crippen molar-refractivity contribution in [2.75, 3.05) is 44.2 Å². The van der Waals surface area contributed by atoms with Gasteiger partial charge in [0.2, 0.25) is 5.91 Å². The minimum absolute atomic E-state index is 0.314. The van der Waals surface area contributed by atoms with E-state index in [1.54, 1.807) is 0 Å². The average molecular weight is 411 g/mol. The van der Waals surface area contributed by atoms with E-state index in [0.29, 0.717) is 18.2 Å². The molecule has 0 saturated carbocycles. The Labute approximate surface area is 179 Å². The van der Waals surface area contributed by atoms with Crippen molar-refractivity contribution in [3.63, 3.8) is 0 Å². The van der Waals surface area contributed by atoms with E-state index >= 15 is 0 Å². The highest BCUT2D eigenvalue weighted by molar-refractivity contribution is 5.76. The van der Waals surface area contributed by atoms with Crippen molar-refractivity contribution in [3.8, 4) is 0 Å². The molecule has 2 aromatic rings. The second-order valence-electron chi connectivity index (χ2n) is 8.47. The van der Waals surface area contributed by atoms with Crippen LogP contribution in [0.3, 0.4) is 0 Å². The summed E-state index contributed by atoms with van der Waals surface area (Å²) >= 11 is 0. The number of anilines is 1. The molecule has 1 amide bonds. The molecule has 2 aromatic heterocycles. The van der Waals surface area contributed by atoms with Crippen LogP contribution in [0.25, 0.3) is 0 Å². The van der Waals surface area contributed by atoms with Gasteiger partial charge in [-0.15, -0.1) is 0 Å². The van der Waals surface area contributed by atoms with Crippen LogP contribution in [-0.4, -0.2) is 69.5 Å². The van der Waals surface area contributed by atoms with E-state index in [4.69, 9.17) is 0 Å². The van der Waals surface area contributed by atoms with E-state index in [0.717, 1.165) is 70.4 Å². The zero-order valence-electron chi connectivity index (χ0n) is 18.1. The van der Waals surface area contributed by atoms with Crippen LogP contribution in [0.2, 0.25) is 0 Å². The maximum Gasteiger partial charge on any atom is 0.222 e. The normalized spacial score (nSPS) is 20.5. The Hall–Kier alpha value is -2.41. The van der Waals surface area contributed by atoms with Crippen LogP contribution in [0.1, 0.15) is 38.4 Å². The predicted molar refractivity (Wildman–Crippen MR) is 118 cm³/mol. The molecule has 2 saturated heterocycles. The SMILES string of the molecule is CCn1ccnc1CN1CCC[C@@H](CCC(=O)N2CCN(c3ccccn3)CC2)C1. The summed E-state index contributed by atoms with van der Waals surface area (Å²) in [6.45, 7) is 9.58. The number of likely N-dealkylation sites (tertiary alicyclic amines) is 1. The zero-order chi connectivity index (χ0) is 20.8. The average Bonchev–Trinajstić information content (AvgIpc) is 3.25. The van der Waals surface area contributed by atoms with Gasteiger partial charge >= 0.3 is 0 Å². The van der Waals surface area contributed by atoms with E-state index in [2.05, 4.69) is 37.5 Å². The highest BCUT2D eigenvalue weighted by Crippen LogP contribution is 2.23. The van der Waals surface area contributed by atoms with Crippen molar-refractivity contribution >= 4 is 11.7 Å². The molecular weight excluding hydrogens is 376 g/mol. The smallest absolute Gasteiger partial charge is 0.222 e. The molecule has 2 aliphatic heterocycles. The first-order valence-electron chi connectivity index (χ1n) is 11.4. The third kappa shape index (κ3) is 5.19. The molecule has 2 aliphatic rings. The molecule has 4 heterocycles. The van der Waals surface area contributed by atoms with Gasteiger partial charge in [0.15, 0.2) is 0 Å². The van der Waals surface area contributed by atoms with Gasteiger partial charge in [-0.05, 0) is 50.8 Å². The summed E-state index contributed by atoms with van der Waals surface area (Å²) in [4.78, 5) is 28.5. The summed E-state index contributed by atoms with van der Waals surface area (Å²) in [5, 5.41) is 0. The summed E-state index contributed by atoms with van der Waals surface area (Å²) < 4.78 is 2.22. The number of aromatic nitrogens is 3. The summed E-state index contributed by atoms with van der Waals surface area (Å²) in [5.41, 5.74) is 0. The minimum atomic E-state index is 0.314. The molecule has 0 unspecified atom stereocenters. The number of piperidine rings is 1.